The molecule has 0 aliphatic heterocycles. The molecule has 1 aromatic heterocycles. The molecule has 0 radical (unpaired) electrons. The molecule has 0 fully saturated rings. The Labute approximate surface area is 97.7 Å². The van der Waals surface area contributed by atoms with E-state index < -0.39 is 0 Å². The molecular weight excluding hydrogens is 196 g/mol. The van der Waals surface area contributed by atoms with Crippen LogP contribution in [0.2, 0.25) is 0 Å². The Morgan fingerprint density at radius 2 is 2.06 bits per heavy atom. The van der Waals surface area contributed by atoms with Crippen LogP contribution >= 0.6 is 0 Å². The Morgan fingerprint density at radius 3 is 2.56 bits per heavy atom. The van der Waals surface area contributed by atoms with Crippen molar-refractivity contribution in [1.82, 2.24) is 0 Å². The molecule has 0 amide bonds. The number of hydrogen-bond acceptors (Lipinski definition) is 1. The van der Waals surface area contributed by atoms with Crippen LogP contribution in [0.15, 0.2) is 47.7 Å². The highest BCUT2D eigenvalue weighted by Crippen LogP contribution is 2.13. The van der Waals surface area contributed by atoms with E-state index in [-0.39, 0.29) is 0 Å². The summed E-state index contributed by atoms with van der Waals surface area (Å²) in [7, 11) is 1.78. The summed E-state index contributed by atoms with van der Waals surface area (Å²) in [6, 6.07) is 4.25. The Kier molecular flexibility index (Phi) is 5.20. The monoisotopic (exact) mass is 215 g/mol. The molecule has 0 N–H and O–H groups in total. The molecule has 0 atom stereocenters. The molecule has 84 valence electrons. The molecule has 2 nitrogen and oxygen atoms in total. The maximum Gasteiger partial charge on any atom is 0.169 e. The molecule has 0 saturated heterocycles. The highest BCUT2D eigenvalue weighted by Gasteiger charge is 2.00. The van der Waals surface area contributed by atoms with Gasteiger partial charge >= 0.3 is 0 Å². The fraction of sp³-hybridized carbons (Fsp3) is 0.286. The SMILES string of the molecule is C/C=C\C(=C/C=NC)c1cc[n+](CC)cc1. The Balaban J connectivity index is 3.01. The standard InChI is InChI=1S/C14H19N2/c1-4-6-13(7-10-15-3)14-8-11-16(5-2)12-9-14/h4,6-12H,5H2,1-3H3/q+1/b6-4-,13-7+,15-10?. The lowest BCUT2D eigenvalue weighted by atomic mass is 10.1. The third-order valence-electron chi connectivity index (χ3n) is 2.34. The van der Waals surface area contributed by atoms with Crippen molar-refractivity contribution in [2.24, 2.45) is 4.99 Å². The molecule has 0 bridgehead atoms. The quantitative estimate of drug-likeness (QED) is 0.417. The second kappa shape index (κ2) is 6.72. The first-order valence-electron chi connectivity index (χ1n) is 5.56. The Hall–Kier alpha value is -1.70. The maximum absolute atomic E-state index is 3.98. The fourth-order valence-electron chi connectivity index (χ4n) is 1.44. The van der Waals surface area contributed by atoms with Crippen LogP contribution < -0.4 is 4.57 Å². The van der Waals surface area contributed by atoms with Crippen molar-refractivity contribution in [3.8, 4) is 0 Å². The average molecular weight is 215 g/mol. The molecule has 0 unspecified atom stereocenters. The first-order chi connectivity index (χ1) is 7.81. The average Bonchev–Trinajstić information content (AvgIpc) is 2.35. The van der Waals surface area contributed by atoms with Crippen LogP contribution in [0.5, 0.6) is 0 Å². The third-order valence-corrected chi connectivity index (χ3v) is 2.34. The predicted octanol–water partition coefficient (Wildman–Crippen LogP) is 2.65. The predicted molar refractivity (Wildman–Crippen MR) is 69.5 cm³/mol. The van der Waals surface area contributed by atoms with E-state index in [1.54, 1.807) is 7.05 Å². The van der Waals surface area contributed by atoms with E-state index >= 15 is 0 Å². The van der Waals surface area contributed by atoms with Gasteiger partial charge in [0.25, 0.3) is 0 Å². The van der Waals surface area contributed by atoms with Gasteiger partial charge in [-0.3, -0.25) is 4.99 Å². The minimum atomic E-state index is 0.999. The van der Waals surface area contributed by atoms with Crippen molar-refractivity contribution in [2.45, 2.75) is 20.4 Å². The first-order valence-corrected chi connectivity index (χ1v) is 5.56. The van der Waals surface area contributed by atoms with Crippen molar-refractivity contribution in [2.75, 3.05) is 7.05 Å². The van der Waals surface area contributed by atoms with Crippen molar-refractivity contribution in [3.63, 3.8) is 0 Å². The van der Waals surface area contributed by atoms with E-state index in [0.29, 0.717) is 0 Å². The van der Waals surface area contributed by atoms with Crippen LogP contribution in [0, 0.1) is 0 Å². The zero-order valence-electron chi connectivity index (χ0n) is 10.2. The zero-order chi connectivity index (χ0) is 11.8. The van der Waals surface area contributed by atoms with Gasteiger partial charge in [0.2, 0.25) is 0 Å². The molecule has 0 aliphatic rings. The molecule has 0 saturated carbocycles. The molecule has 0 aliphatic carbocycles. The molecule has 16 heavy (non-hydrogen) atoms. The van der Waals surface area contributed by atoms with Gasteiger partial charge in [0.1, 0.15) is 6.54 Å². The molecule has 1 heterocycles. The second-order valence-electron chi connectivity index (χ2n) is 3.45. The summed E-state index contributed by atoms with van der Waals surface area (Å²) in [6.45, 7) is 5.15. The lowest BCUT2D eigenvalue weighted by Crippen LogP contribution is -2.30. The van der Waals surface area contributed by atoms with Crippen LogP contribution in [0.3, 0.4) is 0 Å². The number of allylic oxidation sites excluding steroid dienone is 4. The molecule has 1 rings (SSSR count). The van der Waals surface area contributed by atoms with E-state index in [1.165, 1.54) is 11.1 Å². The smallest absolute Gasteiger partial charge is 0.169 e. The lowest BCUT2D eigenvalue weighted by molar-refractivity contribution is -0.693. The highest BCUT2D eigenvalue weighted by atomic mass is 14.9. The van der Waals surface area contributed by atoms with Gasteiger partial charge < -0.3 is 0 Å². The van der Waals surface area contributed by atoms with E-state index in [9.17, 15) is 0 Å². The van der Waals surface area contributed by atoms with Gasteiger partial charge in [-0.25, -0.2) is 4.57 Å². The first kappa shape index (κ1) is 12.4. The summed E-state index contributed by atoms with van der Waals surface area (Å²) < 4.78 is 2.14. The van der Waals surface area contributed by atoms with E-state index in [0.717, 1.165) is 6.54 Å². The van der Waals surface area contributed by atoms with Crippen LogP contribution in [0.4, 0.5) is 0 Å². The third kappa shape index (κ3) is 3.46. The van der Waals surface area contributed by atoms with Crippen LogP contribution in [0.25, 0.3) is 5.57 Å². The van der Waals surface area contributed by atoms with E-state index in [2.05, 4.69) is 47.1 Å². The lowest BCUT2D eigenvalue weighted by Gasteiger charge is -2.00. The Bertz CT molecular complexity index is 397. The topological polar surface area (TPSA) is 16.2 Å². The van der Waals surface area contributed by atoms with Gasteiger partial charge in [-0.15, -0.1) is 0 Å². The normalized spacial score (nSPS) is 12.8. The number of aliphatic imine (C=N–C) groups is 1. The van der Waals surface area contributed by atoms with Gasteiger partial charge in [0.15, 0.2) is 12.4 Å². The molecule has 0 spiro atoms. The summed E-state index contributed by atoms with van der Waals surface area (Å²) in [5, 5.41) is 0. The van der Waals surface area contributed by atoms with Crippen LogP contribution in [-0.2, 0) is 6.54 Å². The largest absolute Gasteiger partial charge is 0.296 e. The number of pyridine rings is 1. The van der Waals surface area contributed by atoms with Crippen molar-refractivity contribution in [1.29, 1.82) is 0 Å². The van der Waals surface area contributed by atoms with E-state index in [1.807, 2.05) is 25.3 Å². The van der Waals surface area contributed by atoms with Crippen molar-refractivity contribution < 1.29 is 4.57 Å². The zero-order valence-corrected chi connectivity index (χ0v) is 10.2. The summed E-state index contributed by atoms with van der Waals surface area (Å²) in [5.41, 5.74) is 2.39. The van der Waals surface area contributed by atoms with Crippen molar-refractivity contribution >= 4 is 11.8 Å². The van der Waals surface area contributed by atoms with Gasteiger partial charge in [-0.1, -0.05) is 12.2 Å². The maximum atomic E-state index is 3.98. The minimum absolute atomic E-state index is 0.999. The number of aryl methyl sites for hydroxylation is 1. The number of rotatable bonds is 4. The fourth-order valence-corrected chi connectivity index (χ4v) is 1.44. The number of aromatic nitrogens is 1. The minimum Gasteiger partial charge on any atom is -0.296 e. The molecule has 2 heteroatoms. The summed E-state index contributed by atoms with van der Waals surface area (Å²) in [6.07, 6.45) is 12.1. The summed E-state index contributed by atoms with van der Waals surface area (Å²) in [4.78, 5) is 3.98. The van der Waals surface area contributed by atoms with Gasteiger partial charge in [0, 0.05) is 25.4 Å². The highest BCUT2D eigenvalue weighted by molar-refractivity contribution is 5.88. The molecular formula is C14H19N2+. The molecule has 0 aromatic carbocycles. The second-order valence-corrected chi connectivity index (χ2v) is 3.45. The van der Waals surface area contributed by atoms with Crippen LogP contribution in [0.1, 0.15) is 19.4 Å². The van der Waals surface area contributed by atoms with Crippen LogP contribution in [-0.4, -0.2) is 13.3 Å². The summed E-state index contributed by atoms with van der Waals surface area (Å²) >= 11 is 0. The number of nitrogens with zero attached hydrogens (tertiary/aromatic N) is 2. The summed E-state index contributed by atoms with van der Waals surface area (Å²) in [5.74, 6) is 0. The van der Waals surface area contributed by atoms with Gasteiger partial charge in [-0.05, 0) is 31.1 Å². The van der Waals surface area contributed by atoms with Gasteiger partial charge in [-0.2, -0.15) is 0 Å². The van der Waals surface area contributed by atoms with Crippen molar-refractivity contribution in [3.05, 3.63) is 48.3 Å². The number of hydrogen-bond donors (Lipinski definition) is 0. The molecule has 1 aromatic rings. The van der Waals surface area contributed by atoms with E-state index in [4.69, 9.17) is 0 Å². The van der Waals surface area contributed by atoms with Gasteiger partial charge in [0.05, 0.1) is 0 Å². The Morgan fingerprint density at radius 1 is 1.38 bits per heavy atom.